The van der Waals surface area contributed by atoms with Gasteiger partial charge in [0.15, 0.2) is 5.96 Å². The van der Waals surface area contributed by atoms with Crippen LogP contribution in [0.3, 0.4) is 0 Å². The highest BCUT2D eigenvalue weighted by Gasteiger charge is 2.36. The normalized spacial score (nSPS) is 17.3. The molecule has 5 aromatic rings. The van der Waals surface area contributed by atoms with E-state index in [1.165, 1.54) is 27.5 Å². The van der Waals surface area contributed by atoms with Gasteiger partial charge in [0.1, 0.15) is 0 Å². The third-order valence-corrected chi connectivity index (χ3v) is 10.3. The van der Waals surface area contributed by atoms with Crippen LogP contribution in [-0.2, 0) is 22.4 Å². The maximum Gasteiger partial charge on any atom is 0.239 e. The molecule has 1 aromatic heterocycles. The predicted molar refractivity (Wildman–Crippen MR) is 212 cm³/mol. The fourth-order valence-electron chi connectivity index (χ4n) is 7.77. The van der Waals surface area contributed by atoms with Crippen LogP contribution in [0.2, 0.25) is 0 Å². The molecule has 1 saturated heterocycles. The highest BCUT2D eigenvalue weighted by Crippen LogP contribution is 2.31. The van der Waals surface area contributed by atoms with E-state index >= 15 is 0 Å². The number of nitrogens with two attached hydrogens (primary N) is 2. The number of hydrogen-bond acceptors (Lipinski definition) is 5. The van der Waals surface area contributed by atoms with Crippen molar-refractivity contribution in [2.45, 2.75) is 76.0 Å². The Morgan fingerprint density at radius 2 is 1.62 bits per heavy atom. The number of carbonyl (C=O) groups excluding carboxylic acids is 2. The van der Waals surface area contributed by atoms with Crippen LogP contribution in [-0.4, -0.2) is 70.0 Å². The van der Waals surface area contributed by atoms with Crippen molar-refractivity contribution in [3.8, 4) is 0 Å². The van der Waals surface area contributed by atoms with E-state index in [9.17, 15) is 9.59 Å². The first-order chi connectivity index (χ1) is 25.7. The molecule has 10 heteroatoms. The van der Waals surface area contributed by atoms with Crippen molar-refractivity contribution >= 4 is 28.5 Å². The lowest BCUT2D eigenvalue weighted by Crippen LogP contribution is -2.49. The molecule has 1 aliphatic heterocycles. The summed E-state index contributed by atoms with van der Waals surface area (Å²) >= 11 is 0. The van der Waals surface area contributed by atoms with E-state index in [1.54, 1.807) is 6.92 Å². The summed E-state index contributed by atoms with van der Waals surface area (Å²) in [5.41, 5.74) is 15.9. The second-order valence-corrected chi connectivity index (χ2v) is 14.3. The molecule has 6 N–H and O–H groups in total. The number of nitrogens with zero attached hydrogens (tertiary/aromatic N) is 4. The highest BCUT2D eigenvalue weighted by atomic mass is 16.2. The van der Waals surface area contributed by atoms with Crippen LogP contribution in [0.15, 0.2) is 121 Å². The molecule has 0 saturated carbocycles. The molecule has 0 radical (unpaired) electrons. The number of guanidine groups is 1. The minimum Gasteiger partial charge on any atom is -0.370 e. The Kier molecular flexibility index (Phi) is 12.5. The lowest BCUT2D eigenvalue weighted by molar-refractivity contribution is -0.133. The smallest absolute Gasteiger partial charge is 0.239 e. The molecule has 2 heterocycles. The molecule has 0 spiro atoms. The number of imidazole rings is 1. The van der Waals surface area contributed by atoms with Crippen LogP contribution in [0.5, 0.6) is 0 Å². The van der Waals surface area contributed by atoms with Gasteiger partial charge in [-0.2, -0.15) is 0 Å². The number of benzene rings is 4. The van der Waals surface area contributed by atoms with Crippen LogP contribution in [0.4, 0.5) is 0 Å². The van der Waals surface area contributed by atoms with Gasteiger partial charge in [-0.05, 0) is 60.1 Å². The molecule has 4 atom stereocenters. The Balaban J connectivity index is 1.35. The van der Waals surface area contributed by atoms with E-state index in [0.717, 1.165) is 18.5 Å². The molecular formula is C43H52N8O2. The topological polar surface area (TPSA) is 144 Å². The predicted octanol–water partition coefficient (Wildman–Crippen LogP) is 5.33. The molecule has 6 rings (SSSR count). The quantitative estimate of drug-likeness (QED) is 0.0657. The first-order valence-electron chi connectivity index (χ1n) is 18.7. The van der Waals surface area contributed by atoms with Crippen LogP contribution >= 0.6 is 0 Å². The van der Waals surface area contributed by atoms with Crippen LogP contribution in [0.25, 0.3) is 10.8 Å². The fraction of sp³-hybridized carbons (Fsp3) is 0.349. The van der Waals surface area contributed by atoms with E-state index < -0.39 is 6.04 Å². The SMILES string of the molecule is CC(=O)N[C@@H](C)Cc1cncn1[C@@H](Cc1ccc2ccccc2c1)[C@@H]1CCN(CC(c2ccccc2)c2ccccc2)C(=O)[C@H](CCCN=C(N)N)N1. The van der Waals surface area contributed by atoms with Gasteiger partial charge in [0, 0.05) is 62.9 Å². The van der Waals surface area contributed by atoms with Gasteiger partial charge in [-0.15, -0.1) is 0 Å². The van der Waals surface area contributed by atoms with Crippen molar-refractivity contribution in [1.82, 2.24) is 25.1 Å². The van der Waals surface area contributed by atoms with Gasteiger partial charge < -0.3 is 31.6 Å². The van der Waals surface area contributed by atoms with Crippen molar-refractivity contribution in [3.63, 3.8) is 0 Å². The number of carbonyl (C=O) groups is 2. The molecule has 1 fully saturated rings. The molecule has 1 aliphatic rings. The standard InChI is InChI=1S/C43H52N8O2/c1-30(48-31(2)52)24-37-27-46-29-51(37)41(26-32-19-20-33-12-9-10-17-36(33)25-32)39-21-23-50(42(53)40(49-39)18-11-22-47-43(44)45)28-38(34-13-5-3-6-14-34)35-15-7-4-8-16-35/h3-10,12-17,19-20,25,27,29-30,38-41,49H,11,18,21-24,26,28H2,1-2H3,(H,48,52)(H4,44,45,47)/t30-,39-,40-,41-/m0/s1. The zero-order chi connectivity index (χ0) is 37.2. The number of amides is 2. The van der Waals surface area contributed by atoms with Gasteiger partial charge in [-0.3, -0.25) is 14.6 Å². The molecular weight excluding hydrogens is 661 g/mol. The molecule has 0 aliphatic carbocycles. The number of fused-ring (bicyclic) bond motifs is 1. The number of aliphatic imine (C=N–C) groups is 1. The monoisotopic (exact) mass is 712 g/mol. The number of rotatable bonds is 15. The second-order valence-electron chi connectivity index (χ2n) is 14.3. The average molecular weight is 713 g/mol. The summed E-state index contributed by atoms with van der Waals surface area (Å²) in [6, 6.07) is 35.3. The van der Waals surface area contributed by atoms with Gasteiger partial charge in [0.2, 0.25) is 11.8 Å². The summed E-state index contributed by atoms with van der Waals surface area (Å²) in [4.78, 5) is 37.5. The highest BCUT2D eigenvalue weighted by molar-refractivity contribution is 5.83. The maximum atomic E-state index is 14.7. The lowest BCUT2D eigenvalue weighted by Gasteiger charge is -2.32. The van der Waals surface area contributed by atoms with Crippen molar-refractivity contribution in [3.05, 3.63) is 138 Å². The lowest BCUT2D eigenvalue weighted by atomic mass is 9.90. The van der Waals surface area contributed by atoms with Gasteiger partial charge in [0.05, 0.1) is 18.4 Å². The largest absolute Gasteiger partial charge is 0.370 e. The fourth-order valence-corrected chi connectivity index (χ4v) is 7.77. The van der Waals surface area contributed by atoms with Crippen LogP contribution in [0, 0.1) is 0 Å². The maximum absolute atomic E-state index is 14.7. The van der Waals surface area contributed by atoms with Crippen molar-refractivity contribution in [2.24, 2.45) is 16.5 Å². The third-order valence-electron chi connectivity index (χ3n) is 10.3. The molecule has 0 bridgehead atoms. The van der Waals surface area contributed by atoms with Crippen LogP contribution < -0.4 is 22.1 Å². The van der Waals surface area contributed by atoms with E-state index in [0.29, 0.717) is 38.9 Å². The Hall–Kier alpha value is -5.48. The van der Waals surface area contributed by atoms with Gasteiger partial charge >= 0.3 is 0 Å². The van der Waals surface area contributed by atoms with Gasteiger partial charge in [-0.25, -0.2) is 4.98 Å². The minimum atomic E-state index is -0.437. The van der Waals surface area contributed by atoms with Crippen LogP contribution in [0.1, 0.15) is 67.5 Å². The Morgan fingerprint density at radius 3 is 2.30 bits per heavy atom. The van der Waals surface area contributed by atoms with Crippen molar-refractivity contribution < 1.29 is 9.59 Å². The zero-order valence-electron chi connectivity index (χ0n) is 30.8. The van der Waals surface area contributed by atoms with E-state index in [2.05, 4.69) is 121 Å². The minimum absolute atomic E-state index is 0.0177. The number of aromatic nitrogens is 2. The molecule has 10 nitrogen and oxygen atoms in total. The summed E-state index contributed by atoms with van der Waals surface area (Å²) in [7, 11) is 0. The van der Waals surface area contributed by atoms with E-state index in [1.807, 2.05) is 31.6 Å². The first kappa shape index (κ1) is 37.3. The number of nitrogens with one attached hydrogen (secondary N) is 2. The van der Waals surface area contributed by atoms with Gasteiger partial charge in [0.25, 0.3) is 0 Å². The zero-order valence-corrected chi connectivity index (χ0v) is 30.8. The average Bonchev–Trinajstić information content (AvgIpc) is 3.55. The third kappa shape index (κ3) is 9.90. The first-order valence-corrected chi connectivity index (χ1v) is 18.7. The Labute approximate surface area is 312 Å². The van der Waals surface area contributed by atoms with E-state index in [4.69, 9.17) is 11.5 Å². The van der Waals surface area contributed by atoms with E-state index in [-0.39, 0.29) is 41.8 Å². The summed E-state index contributed by atoms with van der Waals surface area (Å²) in [5, 5.41) is 9.29. The molecule has 53 heavy (non-hydrogen) atoms. The molecule has 2 amide bonds. The Bertz CT molecular complexity index is 1930. The second kappa shape index (κ2) is 17.8. The summed E-state index contributed by atoms with van der Waals surface area (Å²) in [6.45, 7) is 5.16. The molecule has 0 unspecified atom stereocenters. The summed E-state index contributed by atoms with van der Waals surface area (Å²) in [6.07, 6.45) is 7.14. The molecule has 276 valence electrons. The Morgan fingerprint density at radius 1 is 0.943 bits per heavy atom. The summed E-state index contributed by atoms with van der Waals surface area (Å²) in [5.74, 6) is 0.0933. The van der Waals surface area contributed by atoms with Crippen molar-refractivity contribution in [1.29, 1.82) is 0 Å². The molecule has 4 aromatic carbocycles. The summed E-state index contributed by atoms with van der Waals surface area (Å²) < 4.78 is 2.26. The van der Waals surface area contributed by atoms with Crippen molar-refractivity contribution in [2.75, 3.05) is 19.6 Å². The number of hydrogen-bond donors (Lipinski definition) is 4. The van der Waals surface area contributed by atoms with Gasteiger partial charge in [-0.1, -0.05) is 103 Å².